The summed E-state index contributed by atoms with van der Waals surface area (Å²) >= 11 is 0. The number of rotatable bonds is 4. The van der Waals surface area contributed by atoms with Crippen LogP contribution in [0.25, 0.3) is 55.8 Å². The van der Waals surface area contributed by atoms with Crippen LogP contribution in [0.5, 0.6) is 11.5 Å². The van der Waals surface area contributed by atoms with E-state index in [1.807, 2.05) is 18.2 Å². The normalized spacial score (nSPS) is 18.8. The fraction of sp³-hybridized carbons (Fsp3) is 0.0588. The van der Waals surface area contributed by atoms with Gasteiger partial charge in [0.25, 0.3) is 0 Å². The second kappa shape index (κ2) is 12.1. The predicted molar refractivity (Wildman–Crippen MR) is 219 cm³/mol. The quantitative estimate of drug-likeness (QED) is 0.184. The molecule has 3 atom stereocenters. The average Bonchev–Trinajstić information content (AvgIpc) is 3.54. The molecule has 1 spiro atoms. The molecule has 0 fully saturated rings. The molecule has 0 saturated heterocycles. The first-order valence-electron chi connectivity index (χ1n) is 18.7. The molecule has 1 aromatic heterocycles. The van der Waals surface area contributed by atoms with Gasteiger partial charge < -0.3 is 4.74 Å². The highest BCUT2D eigenvalue weighted by Crippen LogP contribution is 2.64. The number of para-hydroxylation sites is 1. The van der Waals surface area contributed by atoms with Gasteiger partial charge in [0.05, 0.1) is 16.8 Å². The number of hydrogen-bond acceptors (Lipinski definition) is 3. The van der Waals surface area contributed by atoms with E-state index in [4.69, 9.17) is 14.7 Å². The Labute approximate surface area is 314 Å². The van der Waals surface area contributed by atoms with E-state index in [1.54, 1.807) is 0 Å². The molecule has 7 aromatic carbocycles. The summed E-state index contributed by atoms with van der Waals surface area (Å²) in [5.74, 6) is 3.05. The molecule has 254 valence electrons. The van der Waals surface area contributed by atoms with Gasteiger partial charge in [-0.25, -0.2) is 9.97 Å². The summed E-state index contributed by atoms with van der Waals surface area (Å²) in [6.07, 6.45) is 9.21. The highest BCUT2D eigenvalue weighted by atomic mass is 16.5. The van der Waals surface area contributed by atoms with Crippen LogP contribution in [-0.4, -0.2) is 9.97 Å². The summed E-state index contributed by atoms with van der Waals surface area (Å²) in [5, 5.41) is 2.36. The molecule has 54 heavy (non-hydrogen) atoms. The van der Waals surface area contributed by atoms with Gasteiger partial charge in [0.15, 0.2) is 5.82 Å². The number of allylic oxidation sites excluding steroid dienone is 4. The van der Waals surface area contributed by atoms with E-state index >= 15 is 0 Å². The smallest absolute Gasteiger partial charge is 0.160 e. The minimum Gasteiger partial charge on any atom is -0.457 e. The summed E-state index contributed by atoms with van der Waals surface area (Å²) in [6.45, 7) is 0. The molecule has 0 amide bonds. The van der Waals surface area contributed by atoms with Gasteiger partial charge in [-0.2, -0.15) is 0 Å². The Hall–Kier alpha value is -6.84. The molecule has 3 heteroatoms. The molecule has 0 radical (unpaired) electrons. The van der Waals surface area contributed by atoms with Crippen molar-refractivity contribution in [2.75, 3.05) is 0 Å². The Morgan fingerprint density at radius 3 is 2.09 bits per heavy atom. The van der Waals surface area contributed by atoms with Crippen LogP contribution in [0.4, 0.5) is 0 Å². The molecule has 3 aliphatic rings. The molecular formula is C51H34N2O. The Morgan fingerprint density at radius 2 is 1.15 bits per heavy atom. The molecule has 2 heterocycles. The Morgan fingerprint density at radius 1 is 0.463 bits per heavy atom. The van der Waals surface area contributed by atoms with Crippen molar-refractivity contribution in [2.24, 2.45) is 5.92 Å². The molecule has 0 N–H and O–H groups in total. The van der Waals surface area contributed by atoms with Crippen LogP contribution >= 0.6 is 0 Å². The van der Waals surface area contributed by atoms with Crippen LogP contribution in [-0.2, 0) is 5.41 Å². The zero-order valence-electron chi connectivity index (χ0n) is 29.4. The molecule has 2 aliphatic carbocycles. The minimum atomic E-state index is -0.398. The van der Waals surface area contributed by atoms with Crippen molar-refractivity contribution in [3.05, 3.63) is 216 Å². The standard InChI is InChI=1S/C51H34N2O/c1-2-15-34(16-3-1)50-52-46(32-47(53-50)41-23-13-17-33-14-4-5-20-38(33)41)37-19-12-18-35(30-37)36-28-29-49-45(31-36)51(44-26-10-11-27-48(44)54-49)42-24-8-6-21-39(42)40-22-7-9-25-43(40)51/h1-32,39,42H. The maximum Gasteiger partial charge on any atom is 0.160 e. The van der Waals surface area contributed by atoms with Crippen LogP contribution in [0.2, 0.25) is 0 Å². The predicted octanol–water partition coefficient (Wildman–Crippen LogP) is 12.6. The van der Waals surface area contributed by atoms with Crippen molar-refractivity contribution in [2.45, 2.75) is 11.3 Å². The summed E-state index contributed by atoms with van der Waals surface area (Å²) in [7, 11) is 0. The Balaban J connectivity index is 1.08. The van der Waals surface area contributed by atoms with Crippen LogP contribution in [0.15, 0.2) is 194 Å². The van der Waals surface area contributed by atoms with Gasteiger partial charge in [0.2, 0.25) is 0 Å². The average molecular weight is 691 g/mol. The van der Waals surface area contributed by atoms with E-state index in [2.05, 4.69) is 176 Å². The molecule has 8 aromatic rings. The molecule has 0 saturated carbocycles. The van der Waals surface area contributed by atoms with Crippen molar-refractivity contribution in [3.63, 3.8) is 0 Å². The van der Waals surface area contributed by atoms with Gasteiger partial charge in [-0.1, -0.05) is 164 Å². The summed E-state index contributed by atoms with van der Waals surface area (Å²) < 4.78 is 6.72. The van der Waals surface area contributed by atoms with Crippen LogP contribution in [0.1, 0.15) is 28.2 Å². The number of benzene rings is 7. The number of ether oxygens (including phenoxy) is 1. The third kappa shape index (κ3) is 4.61. The van der Waals surface area contributed by atoms with E-state index in [0.717, 1.165) is 50.7 Å². The first-order valence-corrected chi connectivity index (χ1v) is 18.7. The summed E-state index contributed by atoms with van der Waals surface area (Å²) in [4.78, 5) is 10.3. The lowest BCUT2D eigenvalue weighted by Crippen LogP contribution is -2.37. The second-order valence-electron chi connectivity index (χ2n) is 14.5. The molecule has 3 unspecified atom stereocenters. The highest BCUT2D eigenvalue weighted by Gasteiger charge is 2.56. The maximum absolute atomic E-state index is 6.72. The lowest BCUT2D eigenvalue weighted by Gasteiger charge is -2.43. The van der Waals surface area contributed by atoms with E-state index in [0.29, 0.717) is 5.82 Å². The first-order chi connectivity index (χ1) is 26.8. The van der Waals surface area contributed by atoms with Gasteiger partial charge in [-0.05, 0) is 63.4 Å². The third-order valence-electron chi connectivity index (χ3n) is 11.6. The maximum atomic E-state index is 6.72. The molecule has 3 nitrogen and oxygen atoms in total. The first kappa shape index (κ1) is 30.8. The molecule has 1 aliphatic heterocycles. The van der Waals surface area contributed by atoms with Gasteiger partial charge in [0, 0.05) is 39.7 Å². The van der Waals surface area contributed by atoms with Gasteiger partial charge in [0.1, 0.15) is 11.5 Å². The van der Waals surface area contributed by atoms with E-state index in [9.17, 15) is 0 Å². The molecule has 0 bridgehead atoms. The highest BCUT2D eigenvalue weighted by molar-refractivity contribution is 5.96. The monoisotopic (exact) mass is 690 g/mol. The van der Waals surface area contributed by atoms with Crippen LogP contribution < -0.4 is 4.74 Å². The fourth-order valence-electron chi connectivity index (χ4n) is 9.30. The van der Waals surface area contributed by atoms with Crippen molar-refractivity contribution < 1.29 is 4.74 Å². The van der Waals surface area contributed by atoms with E-state index in [1.165, 1.54) is 33.0 Å². The number of aromatic nitrogens is 2. The summed E-state index contributed by atoms with van der Waals surface area (Å²) in [6, 6.07) is 60.5. The third-order valence-corrected chi connectivity index (χ3v) is 11.6. The van der Waals surface area contributed by atoms with Crippen molar-refractivity contribution >= 4 is 10.8 Å². The van der Waals surface area contributed by atoms with Gasteiger partial charge in [-0.3, -0.25) is 0 Å². The van der Waals surface area contributed by atoms with Crippen molar-refractivity contribution in [3.8, 4) is 56.5 Å². The second-order valence-corrected chi connectivity index (χ2v) is 14.5. The molecule has 11 rings (SSSR count). The van der Waals surface area contributed by atoms with Crippen molar-refractivity contribution in [1.82, 2.24) is 9.97 Å². The van der Waals surface area contributed by atoms with E-state index < -0.39 is 5.41 Å². The minimum absolute atomic E-state index is 0.218. The lowest BCUT2D eigenvalue weighted by molar-refractivity contribution is 0.374. The largest absolute Gasteiger partial charge is 0.457 e. The number of hydrogen-bond donors (Lipinski definition) is 0. The van der Waals surface area contributed by atoms with Crippen LogP contribution in [0, 0.1) is 5.92 Å². The van der Waals surface area contributed by atoms with Crippen LogP contribution in [0.3, 0.4) is 0 Å². The number of fused-ring (bicyclic) bond motifs is 10. The molecular weight excluding hydrogens is 657 g/mol. The zero-order chi connectivity index (χ0) is 35.6. The zero-order valence-corrected chi connectivity index (χ0v) is 29.4. The Kier molecular flexibility index (Phi) is 6.90. The van der Waals surface area contributed by atoms with Gasteiger partial charge in [-0.15, -0.1) is 0 Å². The Bertz CT molecular complexity index is 2830. The number of nitrogens with zero attached hydrogens (tertiary/aromatic N) is 2. The fourth-order valence-corrected chi connectivity index (χ4v) is 9.30. The lowest BCUT2D eigenvalue weighted by atomic mass is 9.61. The topological polar surface area (TPSA) is 35.0 Å². The van der Waals surface area contributed by atoms with Gasteiger partial charge >= 0.3 is 0 Å². The summed E-state index contributed by atoms with van der Waals surface area (Å²) in [5.41, 5.74) is 11.9. The van der Waals surface area contributed by atoms with E-state index in [-0.39, 0.29) is 11.8 Å². The SMILES string of the molecule is C1=CC2c3ccccc3C3(c4ccccc4Oc4ccc(-c5cccc(-c6cc(-c7cccc8ccccc78)nc(-c7ccccc7)n6)c5)cc43)C2C=C1. The van der Waals surface area contributed by atoms with Crippen molar-refractivity contribution in [1.29, 1.82) is 0 Å².